The Bertz CT molecular complexity index is 676. The first-order chi connectivity index (χ1) is 10.8. The normalized spacial score (nSPS) is 17.2. The van der Waals surface area contributed by atoms with Gasteiger partial charge in [-0.05, 0) is 25.1 Å². The fourth-order valence-corrected chi connectivity index (χ4v) is 4.33. The molecule has 1 aromatic rings. The van der Waals surface area contributed by atoms with Crippen LogP contribution in [-0.4, -0.2) is 62.8 Å². The van der Waals surface area contributed by atoms with Crippen molar-refractivity contribution in [1.82, 2.24) is 14.5 Å². The summed E-state index contributed by atoms with van der Waals surface area (Å²) in [6, 6.07) is 3.23. The van der Waals surface area contributed by atoms with Gasteiger partial charge in [0.15, 0.2) is 0 Å². The summed E-state index contributed by atoms with van der Waals surface area (Å²) in [7, 11) is -3.76. The number of nitrogens with zero attached hydrogens (tertiary/aromatic N) is 2. The van der Waals surface area contributed by atoms with Crippen LogP contribution in [0.25, 0.3) is 0 Å². The summed E-state index contributed by atoms with van der Waals surface area (Å²) >= 11 is 5.86. The molecule has 2 rings (SSSR count). The Morgan fingerprint density at radius 1 is 1.30 bits per heavy atom. The molecule has 1 aliphatic heterocycles. The number of halogens is 2. The van der Waals surface area contributed by atoms with Gasteiger partial charge in [0, 0.05) is 32.7 Å². The van der Waals surface area contributed by atoms with Crippen LogP contribution in [0.2, 0.25) is 5.02 Å². The maximum absolute atomic E-state index is 13.1. The monoisotopic (exact) mass is 363 g/mol. The molecular formula is C14H19ClFN3O3S. The van der Waals surface area contributed by atoms with Gasteiger partial charge in [-0.25, -0.2) is 12.8 Å². The third-order valence-electron chi connectivity index (χ3n) is 3.58. The van der Waals surface area contributed by atoms with Crippen LogP contribution in [-0.2, 0) is 14.8 Å². The van der Waals surface area contributed by atoms with Gasteiger partial charge in [-0.1, -0.05) is 11.6 Å². The van der Waals surface area contributed by atoms with Crippen molar-refractivity contribution in [3.8, 4) is 0 Å². The van der Waals surface area contributed by atoms with E-state index in [2.05, 4.69) is 5.32 Å². The minimum absolute atomic E-state index is 0.0783. The minimum atomic E-state index is -3.76. The van der Waals surface area contributed by atoms with E-state index in [0.29, 0.717) is 19.6 Å². The average molecular weight is 364 g/mol. The molecule has 0 saturated carbocycles. The lowest BCUT2D eigenvalue weighted by Crippen LogP contribution is -2.51. The van der Waals surface area contributed by atoms with Gasteiger partial charge in [-0.15, -0.1) is 0 Å². The molecule has 1 aromatic carbocycles. The molecule has 1 aliphatic rings. The highest BCUT2D eigenvalue weighted by atomic mass is 35.5. The van der Waals surface area contributed by atoms with Crippen molar-refractivity contribution in [3.63, 3.8) is 0 Å². The first-order valence-corrected chi connectivity index (χ1v) is 9.10. The van der Waals surface area contributed by atoms with Crippen LogP contribution in [0.4, 0.5) is 4.39 Å². The van der Waals surface area contributed by atoms with Crippen LogP contribution in [0, 0.1) is 5.82 Å². The molecule has 0 spiro atoms. The highest BCUT2D eigenvalue weighted by Crippen LogP contribution is 2.26. The third kappa shape index (κ3) is 4.41. The van der Waals surface area contributed by atoms with Crippen molar-refractivity contribution in [1.29, 1.82) is 0 Å². The van der Waals surface area contributed by atoms with Gasteiger partial charge >= 0.3 is 0 Å². The molecule has 128 valence electrons. The van der Waals surface area contributed by atoms with E-state index in [4.69, 9.17) is 11.6 Å². The van der Waals surface area contributed by atoms with Crippen molar-refractivity contribution in [2.45, 2.75) is 11.8 Å². The van der Waals surface area contributed by atoms with E-state index in [-0.39, 0.29) is 35.5 Å². The average Bonchev–Trinajstić information content (AvgIpc) is 2.47. The second-order valence-electron chi connectivity index (χ2n) is 5.21. The maximum Gasteiger partial charge on any atom is 0.244 e. The van der Waals surface area contributed by atoms with Crippen LogP contribution < -0.4 is 5.32 Å². The molecule has 1 N–H and O–H groups in total. The number of hydrogen-bond donors (Lipinski definition) is 1. The molecule has 0 bridgehead atoms. The van der Waals surface area contributed by atoms with Gasteiger partial charge in [0.05, 0.1) is 11.6 Å². The van der Waals surface area contributed by atoms with E-state index >= 15 is 0 Å². The number of carbonyl (C=O) groups is 1. The standard InChI is InChI=1S/C14H19ClFN3O3S/c1-2-17-14(20)10-18-5-7-19(8-6-18)23(21,22)13-4-3-11(16)9-12(13)15/h3-4,9H,2,5-8,10H2,1H3,(H,17,20). The first-order valence-electron chi connectivity index (χ1n) is 7.29. The van der Waals surface area contributed by atoms with E-state index in [0.717, 1.165) is 12.1 Å². The molecule has 1 saturated heterocycles. The number of hydrogen-bond acceptors (Lipinski definition) is 4. The Morgan fingerprint density at radius 3 is 2.52 bits per heavy atom. The summed E-state index contributed by atoms with van der Waals surface area (Å²) in [4.78, 5) is 13.3. The number of likely N-dealkylation sites (N-methyl/N-ethyl adjacent to an activating group) is 1. The van der Waals surface area contributed by atoms with Gasteiger partial charge in [-0.3, -0.25) is 9.69 Å². The van der Waals surface area contributed by atoms with E-state index in [1.807, 2.05) is 11.8 Å². The second kappa shape index (κ2) is 7.57. The summed E-state index contributed by atoms with van der Waals surface area (Å²) in [6.07, 6.45) is 0. The molecule has 0 radical (unpaired) electrons. The molecule has 1 fully saturated rings. The fraction of sp³-hybridized carbons (Fsp3) is 0.500. The number of benzene rings is 1. The molecule has 0 aliphatic carbocycles. The van der Waals surface area contributed by atoms with E-state index < -0.39 is 15.8 Å². The Labute approximate surface area is 140 Å². The van der Waals surface area contributed by atoms with Crippen LogP contribution in [0.15, 0.2) is 23.1 Å². The van der Waals surface area contributed by atoms with E-state index in [1.165, 1.54) is 10.4 Å². The van der Waals surface area contributed by atoms with Crippen LogP contribution >= 0.6 is 11.6 Å². The molecular weight excluding hydrogens is 345 g/mol. The molecule has 0 aromatic heterocycles. The highest BCUT2D eigenvalue weighted by Gasteiger charge is 2.30. The lowest BCUT2D eigenvalue weighted by Gasteiger charge is -2.33. The Morgan fingerprint density at radius 2 is 1.96 bits per heavy atom. The third-order valence-corrected chi connectivity index (χ3v) is 5.97. The zero-order valence-electron chi connectivity index (χ0n) is 12.8. The molecule has 0 unspecified atom stereocenters. The lowest BCUT2D eigenvalue weighted by molar-refractivity contribution is -0.122. The molecule has 1 amide bonds. The number of piperazine rings is 1. The van der Waals surface area contributed by atoms with Crippen molar-refractivity contribution >= 4 is 27.5 Å². The number of rotatable bonds is 5. The van der Waals surface area contributed by atoms with Crippen LogP contribution in [0.3, 0.4) is 0 Å². The number of nitrogens with one attached hydrogen (secondary N) is 1. The van der Waals surface area contributed by atoms with E-state index in [1.54, 1.807) is 0 Å². The molecule has 23 heavy (non-hydrogen) atoms. The molecule has 0 atom stereocenters. The minimum Gasteiger partial charge on any atom is -0.355 e. The van der Waals surface area contributed by atoms with Crippen molar-refractivity contribution in [3.05, 3.63) is 29.0 Å². The fourth-order valence-electron chi connectivity index (χ4n) is 2.41. The first kappa shape index (κ1) is 18.1. The summed E-state index contributed by atoms with van der Waals surface area (Å²) in [5.41, 5.74) is 0. The van der Waals surface area contributed by atoms with Crippen molar-refractivity contribution in [2.75, 3.05) is 39.3 Å². The van der Waals surface area contributed by atoms with Crippen molar-refractivity contribution < 1.29 is 17.6 Å². The molecule has 1 heterocycles. The summed E-state index contributed by atoms with van der Waals surface area (Å²) < 4.78 is 39.5. The highest BCUT2D eigenvalue weighted by molar-refractivity contribution is 7.89. The van der Waals surface area contributed by atoms with Gasteiger partial charge in [0.25, 0.3) is 0 Å². The zero-order chi connectivity index (χ0) is 17.0. The predicted octanol–water partition coefficient (Wildman–Crippen LogP) is 0.922. The Hall–Kier alpha value is -1.22. The summed E-state index contributed by atoms with van der Waals surface area (Å²) in [6.45, 7) is 4.08. The molecule has 6 nitrogen and oxygen atoms in total. The zero-order valence-corrected chi connectivity index (χ0v) is 14.3. The van der Waals surface area contributed by atoms with Crippen molar-refractivity contribution in [2.24, 2.45) is 0 Å². The largest absolute Gasteiger partial charge is 0.355 e. The lowest BCUT2D eigenvalue weighted by atomic mass is 10.3. The van der Waals surface area contributed by atoms with Gasteiger partial charge in [-0.2, -0.15) is 4.31 Å². The predicted molar refractivity (Wildman–Crippen MR) is 85.3 cm³/mol. The quantitative estimate of drug-likeness (QED) is 0.844. The van der Waals surface area contributed by atoms with Gasteiger partial charge < -0.3 is 5.32 Å². The smallest absolute Gasteiger partial charge is 0.244 e. The number of amides is 1. The number of carbonyl (C=O) groups excluding carboxylic acids is 1. The second-order valence-corrected chi connectivity index (χ2v) is 7.52. The summed E-state index contributed by atoms with van der Waals surface area (Å²) in [5.74, 6) is -0.661. The van der Waals surface area contributed by atoms with Gasteiger partial charge in [0.1, 0.15) is 10.7 Å². The van der Waals surface area contributed by atoms with Gasteiger partial charge in [0.2, 0.25) is 15.9 Å². The Kier molecular flexibility index (Phi) is 5.96. The topological polar surface area (TPSA) is 69.7 Å². The number of sulfonamides is 1. The maximum atomic E-state index is 13.1. The van der Waals surface area contributed by atoms with Crippen LogP contribution in [0.5, 0.6) is 0 Å². The molecule has 9 heteroatoms. The SMILES string of the molecule is CCNC(=O)CN1CCN(S(=O)(=O)c2ccc(F)cc2Cl)CC1. The summed E-state index contributed by atoms with van der Waals surface area (Å²) in [5, 5.41) is 2.58. The van der Waals surface area contributed by atoms with Crippen LogP contribution in [0.1, 0.15) is 6.92 Å². The Balaban J connectivity index is 2.02. The van der Waals surface area contributed by atoms with E-state index in [9.17, 15) is 17.6 Å².